The van der Waals surface area contributed by atoms with Crippen molar-refractivity contribution in [2.75, 3.05) is 64.4 Å². The van der Waals surface area contributed by atoms with Gasteiger partial charge >= 0.3 is 37.7 Å². The van der Waals surface area contributed by atoms with Crippen LogP contribution in [0.15, 0.2) is 48.5 Å². The van der Waals surface area contributed by atoms with E-state index in [0.29, 0.717) is 0 Å². The van der Waals surface area contributed by atoms with Gasteiger partial charge in [-0.1, -0.05) is 74.9 Å². The summed E-state index contributed by atoms with van der Waals surface area (Å²) in [5.41, 5.74) is 5.37. The van der Waals surface area contributed by atoms with Crippen LogP contribution < -0.4 is 9.80 Å². The summed E-state index contributed by atoms with van der Waals surface area (Å²) in [6.45, 7) is 18.2. The van der Waals surface area contributed by atoms with Gasteiger partial charge in [0, 0.05) is 42.6 Å². The standard InChI is InChI=1S/2C12H20NSi.2C4H8O.Ca/c2*1-13(2)12-9-7-6-8-11(12)10-14(3,4)5;2*1-2-4-5-3-1;/h2*6-10H,1-5H3;2*1-4H2;/q2*-1;;;+2. The maximum absolute atomic E-state index is 4.94. The molecule has 2 aromatic rings. The average molecular weight is 597 g/mol. The van der Waals surface area contributed by atoms with Crippen molar-refractivity contribution >= 4 is 65.3 Å². The molecule has 2 aliphatic rings. The number of rotatable bonds is 6. The van der Waals surface area contributed by atoms with Gasteiger partial charge < -0.3 is 19.3 Å². The van der Waals surface area contributed by atoms with Crippen LogP contribution in [0.2, 0.25) is 39.3 Å². The van der Waals surface area contributed by atoms with Crippen molar-refractivity contribution in [3.05, 3.63) is 71.7 Å². The minimum atomic E-state index is -1.13. The Kier molecular flexibility index (Phi) is 20.0. The van der Waals surface area contributed by atoms with Crippen molar-refractivity contribution in [1.29, 1.82) is 0 Å². The molecular formula is C32H56CaN2O2Si2. The maximum Gasteiger partial charge on any atom is 2.00 e. The average Bonchev–Trinajstić information content (AvgIpc) is 3.57. The van der Waals surface area contributed by atoms with Gasteiger partial charge in [0.25, 0.3) is 0 Å². The van der Waals surface area contributed by atoms with Gasteiger partial charge in [-0.3, -0.25) is 0 Å². The molecule has 0 spiro atoms. The van der Waals surface area contributed by atoms with Crippen LogP contribution in [-0.4, -0.2) is 109 Å². The summed E-state index contributed by atoms with van der Waals surface area (Å²) in [5, 5.41) is 0. The number of hydrogen-bond donors (Lipinski definition) is 0. The van der Waals surface area contributed by atoms with E-state index in [-0.39, 0.29) is 37.7 Å². The summed E-state index contributed by atoms with van der Waals surface area (Å²) in [4.78, 5) is 4.35. The third-order valence-corrected chi connectivity index (χ3v) is 8.02. The van der Waals surface area contributed by atoms with E-state index in [4.69, 9.17) is 9.47 Å². The second-order valence-corrected chi connectivity index (χ2v) is 22.6. The molecule has 0 radical (unpaired) electrons. The first-order valence-electron chi connectivity index (χ1n) is 14.2. The minimum absolute atomic E-state index is 0. The zero-order valence-corrected chi connectivity index (χ0v) is 31.1. The predicted molar refractivity (Wildman–Crippen MR) is 181 cm³/mol. The van der Waals surface area contributed by atoms with E-state index in [1.54, 1.807) is 0 Å². The molecule has 0 atom stereocenters. The Morgan fingerprint density at radius 3 is 1.03 bits per heavy atom. The molecule has 0 N–H and O–H groups in total. The second kappa shape index (κ2) is 20.3. The quantitative estimate of drug-likeness (QED) is 0.254. The van der Waals surface area contributed by atoms with Gasteiger partial charge in [0.05, 0.1) is 0 Å². The summed E-state index contributed by atoms with van der Waals surface area (Å²) in [7, 11) is 6.12. The van der Waals surface area contributed by atoms with Crippen LogP contribution in [0, 0.1) is 12.1 Å². The normalized spacial score (nSPS) is 14.2. The Hall–Kier alpha value is -0.606. The Morgan fingerprint density at radius 2 is 0.821 bits per heavy atom. The van der Waals surface area contributed by atoms with Gasteiger partial charge in [0.1, 0.15) is 0 Å². The zero-order chi connectivity index (χ0) is 28.6. The molecule has 39 heavy (non-hydrogen) atoms. The summed E-state index contributed by atoms with van der Waals surface area (Å²) in [6, 6.07) is 22.1. The van der Waals surface area contributed by atoms with Crippen molar-refractivity contribution in [2.24, 2.45) is 0 Å². The number of benzene rings is 2. The Balaban J connectivity index is 0.000000537. The smallest absolute Gasteiger partial charge is 0.428 e. The fraction of sp³-hybridized carbons (Fsp3) is 0.562. The van der Waals surface area contributed by atoms with Crippen LogP contribution in [0.5, 0.6) is 0 Å². The van der Waals surface area contributed by atoms with Crippen LogP contribution in [0.3, 0.4) is 0 Å². The molecular weight excluding hydrogens is 541 g/mol. The summed E-state index contributed by atoms with van der Waals surface area (Å²) in [5.74, 6) is 0. The number of ether oxygens (including phenoxy) is 2. The van der Waals surface area contributed by atoms with Crippen molar-refractivity contribution in [3.63, 3.8) is 0 Å². The molecule has 0 saturated carbocycles. The summed E-state index contributed by atoms with van der Waals surface area (Å²) in [6.07, 6.45) is 5.11. The van der Waals surface area contributed by atoms with Crippen molar-refractivity contribution in [3.8, 4) is 0 Å². The third kappa shape index (κ3) is 19.2. The van der Waals surface area contributed by atoms with Crippen LogP contribution >= 0.6 is 0 Å². The number of hydrogen-bond acceptors (Lipinski definition) is 4. The molecule has 0 bridgehead atoms. The molecule has 0 amide bonds. The van der Waals surface area contributed by atoms with Gasteiger partial charge in [0.15, 0.2) is 0 Å². The second-order valence-electron chi connectivity index (χ2n) is 12.6. The molecule has 2 saturated heterocycles. The van der Waals surface area contributed by atoms with E-state index >= 15 is 0 Å². The van der Waals surface area contributed by atoms with E-state index in [9.17, 15) is 0 Å². The molecule has 0 aromatic heterocycles. The summed E-state index contributed by atoms with van der Waals surface area (Å²) < 4.78 is 9.89. The molecule has 2 aromatic carbocycles. The van der Waals surface area contributed by atoms with Gasteiger partial charge in [-0.05, 0) is 53.9 Å². The fourth-order valence-electron chi connectivity index (χ4n) is 3.99. The van der Waals surface area contributed by atoms with Crippen LogP contribution in [0.1, 0.15) is 36.8 Å². The van der Waals surface area contributed by atoms with E-state index < -0.39 is 16.1 Å². The van der Waals surface area contributed by atoms with E-state index in [1.165, 1.54) is 48.2 Å². The van der Waals surface area contributed by atoms with Gasteiger partial charge in [0.2, 0.25) is 0 Å². The predicted octanol–water partition coefficient (Wildman–Crippen LogP) is 7.58. The number of nitrogens with zero attached hydrogens (tertiary/aromatic N) is 2. The Bertz CT molecular complexity index is 800. The number of anilines is 2. The molecule has 2 fully saturated rings. The van der Waals surface area contributed by atoms with Crippen LogP contribution in [-0.2, 0) is 9.47 Å². The van der Waals surface area contributed by atoms with Gasteiger partial charge in [-0.2, -0.15) is 35.3 Å². The molecule has 4 rings (SSSR count). The molecule has 0 unspecified atom stereocenters. The molecule has 2 heterocycles. The monoisotopic (exact) mass is 596 g/mol. The molecule has 216 valence electrons. The molecule has 2 aliphatic heterocycles. The zero-order valence-electron chi connectivity index (χ0n) is 26.8. The van der Waals surface area contributed by atoms with E-state index in [1.807, 2.05) is 0 Å². The first kappa shape index (κ1) is 38.4. The summed E-state index contributed by atoms with van der Waals surface area (Å²) >= 11 is 0. The SMILES string of the molecule is C1CCOC1.C1CCOC1.CN(C)c1ccccc1[CH-][Si](C)(C)C.CN(C)c1ccccc1[CH-][Si](C)(C)C.[Ca+2]. The van der Waals surface area contributed by atoms with Crippen LogP contribution in [0.25, 0.3) is 0 Å². The maximum atomic E-state index is 4.94. The fourth-order valence-corrected chi connectivity index (χ4v) is 6.34. The Labute approximate surface area is 273 Å². The third-order valence-electron chi connectivity index (χ3n) is 5.67. The van der Waals surface area contributed by atoms with Crippen molar-refractivity contribution in [1.82, 2.24) is 0 Å². The van der Waals surface area contributed by atoms with Gasteiger partial charge in [-0.25, -0.2) is 0 Å². The first-order valence-corrected chi connectivity index (χ1v) is 21.4. The number of para-hydroxylation sites is 2. The van der Waals surface area contributed by atoms with E-state index in [0.717, 1.165) is 26.4 Å². The molecule has 0 aliphatic carbocycles. The molecule has 4 nitrogen and oxygen atoms in total. The van der Waals surface area contributed by atoms with Gasteiger partial charge in [-0.15, -0.1) is 12.1 Å². The van der Waals surface area contributed by atoms with E-state index in [2.05, 4.69) is 138 Å². The van der Waals surface area contributed by atoms with Crippen molar-refractivity contribution in [2.45, 2.75) is 65.0 Å². The van der Waals surface area contributed by atoms with Crippen molar-refractivity contribution < 1.29 is 9.47 Å². The topological polar surface area (TPSA) is 24.9 Å². The minimum Gasteiger partial charge on any atom is -0.428 e. The van der Waals surface area contributed by atoms with Crippen LogP contribution in [0.4, 0.5) is 11.4 Å². The first-order chi connectivity index (χ1) is 17.8. The largest absolute Gasteiger partial charge is 2.00 e. The molecule has 7 heteroatoms. The Morgan fingerprint density at radius 1 is 0.538 bits per heavy atom.